The Hall–Kier alpha value is -6.44. The van der Waals surface area contributed by atoms with Crippen LogP contribution in [0.1, 0.15) is 62.5 Å². The zero-order valence-corrected chi connectivity index (χ0v) is 40.3. The fourth-order valence-electron chi connectivity index (χ4n) is 7.64. The van der Waals surface area contributed by atoms with E-state index >= 15 is 0 Å². The van der Waals surface area contributed by atoms with Crippen LogP contribution in [0, 0.1) is 0 Å². The molecular formula is C45H64N12O11S2. The van der Waals surface area contributed by atoms with Gasteiger partial charge >= 0.3 is 0 Å². The van der Waals surface area contributed by atoms with Crippen LogP contribution < -0.4 is 60.2 Å². The van der Waals surface area contributed by atoms with Crippen molar-refractivity contribution in [3.05, 3.63) is 65.7 Å². The summed E-state index contributed by atoms with van der Waals surface area (Å²) in [5, 5.41) is 28.2. The van der Waals surface area contributed by atoms with Gasteiger partial charge in [-0.3, -0.25) is 47.9 Å². The lowest BCUT2D eigenvalue weighted by Crippen LogP contribution is -2.61. The van der Waals surface area contributed by atoms with Gasteiger partial charge < -0.3 is 70.2 Å². The molecule has 2 aromatic rings. The molecule has 2 saturated heterocycles. The van der Waals surface area contributed by atoms with Gasteiger partial charge in [-0.2, -0.15) is 0 Å². The number of hydrogen-bond acceptors (Lipinski definition) is 15. The summed E-state index contributed by atoms with van der Waals surface area (Å²) < 4.78 is 0. The van der Waals surface area contributed by atoms with Gasteiger partial charge in [0, 0.05) is 37.3 Å². The summed E-state index contributed by atoms with van der Waals surface area (Å²) in [6, 6.07) is 5.60. The quantitative estimate of drug-likeness (QED) is 0.0655. The van der Waals surface area contributed by atoms with Crippen molar-refractivity contribution in [2.24, 2.45) is 22.9 Å². The standard InChI is InChI=1S/C45H64N12O11S2/c46-17-4-9-29(39(62)50-24-37(49)60)53-44(67)35-11-6-19-57(35)45(68)34-25-70-69-20-16-38(61)51-31(22-27-12-14-28(58)15-13-27)41(64)54-32(21-26-7-2-1-3-8-26)42(65)52-30(10-5-18-47)40(63)55-33(23-36(48)59)43(66)56-34/h1-3,7-8,12-15,29-35,58H,4-6,9-11,16-25,46-47H2,(H2,48,59)(H2,49,60)(H,50,62)(H,51,61)(H,52,65)(H,53,67)(H,54,64)(H,55,63)(H,56,66). The molecule has 25 heteroatoms. The molecule has 16 N–H and O–H groups in total. The Balaban J connectivity index is 1.67. The van der Waals surface area contributed by atoms with E-state index in [0.29, 0.717) is 24.0 Å². The van der Waals surface area contributed by atoms with E-state index in [1.165, 1.54) is 27.8 Å². The van der Waals surface area contributed by atoms with Crippen LogP contribution in [0.15, 0.2) is 54.6 Å². The van der Waals surface area contributed by atoms with Crippen molar-refractivity contribution in [2.45, 2.75) is 107 Å². The van der Waals surface area contributed by atoms with Gasteiger partial charge in [0.05, 0.1) is 13.0 Å². The molecule has 0 radical (unpaired) electrons. The molecule has 0 spiro atoms. The molecule has 2 aliphatic rings. The minimum absolute atomic E-state index is 0.0150. The van der Waals surface area contributed by atoms with Crippen LogP contribution in [0.5, 0.6) is 5.75 Å². The van der Waals surface area contributed by atoms with Crippen molar-refractivity contribution >= 4 is 80.7 Å². The molecule has 382 valence electrons. The molecule has 10 amide bonds. The second kappa shape index (κ2) is 28.9. The van der Waals surface area contributed by atoms with Gasteiger partial charge in [0.2, 0.25) is 59.1 Å². The summed E-state index contributed by atoms with van der Waals surface area (Å²) in [5.41, 5.74) is 23.4. The van der Waals surface area contributed by atoms with Crippen LogP contribution in [0.2, 0.25) is 0 Å². The normalized spacial score (nSPS) is 22.5. The second-order valence-corrected chi connectivity index (χ2v) is 19.4. The number of phenolic OH excluding ortho intramolecular Hbond substituents is 1. The van der Waals surface area contributed by atoms with Crippen LogP contribution >= 0.6 is 21.6 Å². The summed E-state index contributed by atoms with van der Waals surface area (Å²) in [7, 11) is 2.27. The van der Waals surface area contributed by atoms with Crippen molar-refractivity contribution < 1.29 is 53.1 Å². The van der Waals surface area contributed by atoms with Crippen LogP contribution in [0.25, 0.3) is 0 Å². The Morgan fingerprint density at radius 1 is 0.729 bits per heavy atom. The Labute approximate surface area is 413 Å². The summed E-state index contributed by atoms with van der Waals surface area (Å²) >= 11 is 0. The highest BCUT2D eigenvalue weighted by Crippen LogP contribution is 2.26. The number of aromatic hydroxyl groups is 1. The minimum Gasteiger partial charge on any atom is -0.508 e. The van der Waals surface area contributed by atoms with Gasteiger partial charge in [-0.15, -0.1) is 0 Å². The number of primary amides is 2. The number of likely N-dealkylation sites (tertiary alicyclic amines) is 1. The lowest BCUT2D eigenvalue weighted by molar-refractivity contribution is -0.142. The average molecular weight is 1010 g/mol. The third-order valence-corrected chi connectivity index (χ3v) is 13.7. The van der Waals surface area contributed by atoms with E-state index in [2.05, 4.69) is 37.2 Å². The number of nitrogens with one attached hydrogen (secondary N) is 7. The second-order valence-electron chi connectivity index (χ2n) is 16.7. The predicted molar refractivity (Wildman–Crippen MR) is 260 cm³/mol. The fraction of sp³-hybridized carbons (Fsp3) is 0.511. The van der Waals surface area contributed by atoms with E-state index in [9.17, 15) is 53.1 Å². The zero-order chi connectivity index (χ0) is 51.2. The molecule has 0 bridgehead atoms. The lowest BCUT2D eigenvalue weighted by Gasteiger charge is -2.31. The number of amides is 10. The number of hydrogen-bond donors (Lipinski definition) is 12. The monoisotopic (exact) mass is 1010 g/mol. The van der Waals surface area contributed by atoms with Crippen molar-refractivity contribution in [1.29, 1.82) is 0 Å². The van der Waals surface area contributed by atoms with Crippen molar-refractivity contribution in [2.75, 3.05) is 37.7 Å². The van der Waals surface area contributed by atoms with E-state index < -0.39 is 114 Å². The first-order valence-corrected chi connectivity index (χ1v) is 25.4. The molecule has 4 rings (SSSR count). The van der Waals surface area contributed by atoms with E-state index in [4.69, 9.17) is 22.9 Å². The Morgan fingerprint density at radius 2 is 1.33 bits per heavy atom. The first kappa shape index (κ1) is 56.2. The average Bonchev–Trinajstić information content (AvgIpc) is 3.83. The predicted octanol–water partition coefficient (Wildman–Crippen LogP) is -3.18. The van der Waals surface area contributed by atoms with Crippen LogP contribution in [0.3, 0.4) is 0 Å². The SMILES string of the molecule is NCCCC1NC(=O)C(Cc2ccccc2)NC(=O)C(Cc2ccc(O)cc2)NC(=O)CCSSCC(C(=O)N2CCCC2C(=O)NC(CCCN)C(=O)NCC(N)=O)NC(=O)C(CC(N)=O)NC1=O. The number of nitrogens with two attached hydrogens (primary N) is 4. The maximum Gasteiger partial charge on any atom is 0.246 e. The molecule has 2 heterocycles. The van der Waals surface area contributed by atoms with Gasteiger partial charge in [-0.05, 0) is 74.9 Å². The Kier molecular flexibility index (Phi) is 23.2. The van der Waals surface area contributed by atoms with E-state index in [0.717, 1.165) is 10.8 Å². The number of rotatable bonds is 18. The topological polar surface area (TPSA) is 382 Å². The molecule has 23 nitrogen and oxygen atoms in total. The largest absolute Gasteiger partial charge is 0.508 e. The smallest absolute Gasteiger partial charge is 0.246 e. The van der Waals surface area contributed by atoms with Gasteiger partial charge in [0.15, 0.2) is 0 Å². The van der Waals surface area contributed by atoms with Gasteiger partial charge in [-0.1, -0.05) is 64.1 Å². The zero-order valence-electron chi connectivity index (χ0n) is 38.7. The first-order valence-electron chi connectivity index (χ1n) is 22.9. The van der Waals surface area contributed by atoms with Gasteiger partial charge in [-0.25, -0.2) is 0 Å². The van der Waals surface area contributed by atoms with Crippen molar-refractivity contribution in [3.8, 4) is 5.75 Å². The Morgan fingerprint density at radius 3 is 1.97 bits per heavy atom. The highest BCUT2D eigenvalue weighted by Gasteiger charge is 2.40. The molecule has 2 aromatic carbocycles. The fourth-order valence-corrected chi connectivity index (χ4v) is 9.78. The van der Waals surface area contributed by atoms with E-state index in [1.807, 2.05) is 0 Å². The number of nitrogens with zero attached hydrogens (tertiary/aromatic N) is 1. The summed E-state index contributed by atoms with van der Waals surface area (Å²) in [4.78, 5) is 136. The number of phenols is 1. The van der Waals surface area contributed by atoms with Crippen LogP contribution in [-0.4, -0.2) is 149 Å². The maximum atomic E-state index is 14.5. The number of carbonyl (C=O) groups excluding carboxylic acids is 10. The third kappa shape index (κ3) is 18.5. The summed E-state index contributed by atoms with van der Waals surface area (Å²) in [5.74, 6) is -7.81. The highest BCUT2D eigenvalue weighted by molar-refractivity contribution is 8.76. The molecule has 70 heavy (non-hydrogen) atoms. The van der Waals surface area contributed by atoms with Gasteiger partial charge in [0.1, 0.15) is 48.0 Å². The molecule has 0 aliphatic carbocycles. The number of carbonyl (C=O) groups is 10. The van der Waals surface area contributed by atoms with Crippen LogP contribution in [0.4, 0.5) is 0 Å². The maximum absolute atomic E-state index is 14.5. The van der Waals surface area contributed by atoms with Crippen molar-refractivity contribution in [1.82, 2.24) is 42.1 Å². The molecular weight excluding hydrogens is 949 g/mol. The molecule has 2 fully saturated rings. The summed E-state index contributed by atoms with van der Waals surface area (Å²) in [6.07, 6.45) is 0.270. The minimum atomic E-state index is -1.66. The van der Waals surface area contributed by atoms with Gasteiger partial charge in [0.25, 0.3) is 0 Å². The molecule has 0 aromatic heterocycles. The summed E-state index contributed by atoms with van der Waals surface area (Å²) in [6.45, 7) is -0.104. The number of benzene rings is 2. The van der Waals surface area contributed by atoms with Crippen LogP contribution in [-0.2, 0) is 60.8 Å². The first-order chi connectivity index (χ1) is 33.5. The molecule has 0 saturated carbocycles. The van der Waals surface area contributed by atoms with E-state index in [-0.39, 0.29) is 81.8 Å². The Bertz CT molecular complexity index is 2160. The highest BCUT2D eigenvalue weighted by atomic mass is 33.1. The molecule has 2 aliphatic heterocycles. The van der Waals surface area contributed by atoms with Crippen molar-refractivity contribution in [3.63, 3.8) is 0 Å². The molecule has 7 atom stereocenters. The van der Waals surface area contributed by atoms with E-state index in [1.54, 1.807) is 42.5 Å². The lowest BCUT2D eigenvalue weighted by atomic mass is 10.0. The molecule has 7 unspecified atom stereocenters. The third-order valence-electron chi connectivity index (χ3n) is 11.3.